The van der Waals surface area contributed by atoms with Crippen LogP contribution >= 0.6 is 0 Å². The number of methoxy groups -OCH3 is 2. The number of benzene rings is 1. The molecule has 23 heavy (non-hydrogen) atoms. The van der Waals surface area contributed by atoms with Gasteiger partial charge >= 0.3 is 0 Å². The predicted octanol–water partition coefficient (Wildman–Crippen LogP) is 3.54. The zero-order chi connectivity index (χ0) is 16.8. The zero-order valence-electron chi connectivity index (χ0n) is 13.9. The average molecular weight is 314 g/mol. The molecule has 1 aromatic heterocycles. The summed E-state index contributed by atoms with van der Waals surface area (Å²) in [7, 11) is 3.22. The number of hydrogen-bond acceptors (Lipinski definition) is 4. The highest BCUT2D eigenvalue weighted by molar-refractivity contribution is 5.90. The van der Waals surface area contributed by atoms with Gasteiger partial charge in [0, 0.05) is 18.7 Å². The van der Waals surface area contributed by atoms with E-state index in [-0.39, 0.29) is 11.8 Å². The second-order valence-electron chi connectivity index (χ2n) is 5.48. The van der Waals surface area contributed by atoms with Crippen LogP contribution in [0.3, 0.4) is 0 Å². The normalized spacial score (nSPS) is 11.7. The number of amides is 1. The molecular formula is C18H22N2O3. The average Bonchev–Trinajstić information content (AvgIpc) is 2.53. The molecule has 0 aliphatic rings. The molecule has 0 aliphatic carbocycles. The molecule has 122 valence electrons. The summed E-state index contributed by atoms with van der Waals surface area (Å²) in [5, 5.41) is 2.83. The predicted molar refractivity (Wildman–Crippen MR) is 90.2 cm³/mol. The lowest BCUT2D eigenvalue weighted by atomic mass is 9.96. The largest absolute Gasteiger partial charge is 0.497 e. The first-order valence-corrected chi connectivity index (χ1v) is 7.48. The Morgan fingerprint density at radius 1 is 1.22 bits per heavy atom. The Morgan fingerprint density at radius 3 is 2.65 bits per heavy atom. The second kappa shape index (κ2) is 7.63. The number of carbonyl (C=O) groups excluding carboxylic acids is 1. The lowest BCUT2D eigenvalue weighted by Crippen LogP contribution is -2.15. The zero-order valence-corrected chi connectivity index (χ0v) is 13.9. The lowest BCUT2D eigenvalue weighted by Gasteiger charge is -2.16. The SMILES string of the molecule is COc1ccc(C(C)CC(=O)Nc2cc(C)ccn2)c(OC)c1. The fourth-order valence-electron chi connectivity index (χ4n) is 2.41. The van der Waals surface area contributed by atoms with Crippen LogP contribution in [0.15, 0.2) is 36.5 Å². The highest BCUT2D eigenvalue weighted by Gasteiger charge is 2.16. The van der Waals surface area contributed by atoms with Crippen molar-refractivity contribution in [1.82, 2.24) is 4.98 Å². The molecule has 1 heterocycles. The Balaban J connectivity index is 2.06. The number of aryl methyl sites for hydroxylation is 1. The van der Waals surface area contributed by atoms with Crippen LogP contribution in [0, 0.1) is 6.92 Å². The van der Waals surface area contributed by atoms with Crippen molar-refractivity contribution in [2.75, 3.05) is 19.5 Å². The van der Waals surface area contributed by atoms with Crippen molar-refractivity contribution in [2.24, 2.45) is 0 Å². The van der Waals surface area contributed by atoms with E-state index in [9.17, 15) is 4.79 Å². The number of rotatable bonds is 6. The van der Waals surface area contributed by atoms with Gasteiger partial charge in [-0.15, -0.1) is 0 Å². The second-order valence-corrected chi connectivity index (χ2v) is 5.48. The Morgan fingerprint density at radius 2 is 2.00 bits per heavy atom. The van der Waals surface area contributed by atoms with Crippen LogP contribution in [0.5, 0.6) is 11.5 Å². The number of nitrogens with one attached hydrogen (secondary N) is 1. The van der Waals surface area contributed by atoms with Crippen molar-refractivity contribution in [2.45, 2.75) is 26.2 Å². The first-order chi connectivity index (χ1) is 11.0. The van der Waals surface area contributed by atoms with E-state index in [2.05, 4.69) is 10.3 Å². The van der Waals surface area contributed by atoms with Gasteiger partial charge in [0.1, 0.15) is 17.3 Å². The third-order valence-electron chi connectivity index (χ3n) is 3.65. The smallest absolute Gasteiger partial charge is 0.226 e. The molecule has 1 aromatic carbocycles. The molecule has 0 saturated carbocycles. The van der Waals surface area contributed by atoms with Crippen LogP contribution in [0.2, 0.25) is 0 Å². The summed E-state index contributed by atoms with van der Waals surface area (Å²) in [5.41, 5.74) is 2.03. The third kappa shape index (κ3) is 4.45. The third-order valence-corrected chi connectivity index (χ3v) is 3.65. The van der Waals surface area contributed by atoms with E-state index in [0.29, 0.717) is 12.2 Å². The van der Waals surface area contributed by atoms with Crippen molar-refractivity contribution in [3.05, 3.63) is 47.7 Å². The number of ether oxygens (including phenoxy) is 2. The molecule has 1 amide bonds. The van der Waals surface area contributed by atoms with Gasteiger partial charge in [-0.1, -0.05) is 13.0 Å². The number of anilines is 1. The first kappa shape index (κ1) is 16.8. The van der Waals surface area contributed by atoms with Crippen LogP contribution in [-0.2, 0) is 4.79 Å². The van der Waals surface area contributed by atoms with Gasteiger partial charge in [0.25, 0.3) is 0 Å². The molecule has 0 fully saturated rings. The van der Waals surface area contributed by atoms with Crippen molar-refractivity contribution in [1.29, 1.82) is 0 Å². The molecule has 1 atom stereocenters. The van der Waals surface area contributed by atoms with E-state index in [4.69, 9.17) is 9.47 Å². The molecule has 0 spiro atoms. The molecule has 0 aliphatic heterocycles. The maximum Gasteiger partial charge on any atom is 0.226 e. The highest BCUT2D eigenvalue weighted by Crippen LogP contribution is 2.32. The van der Waals surface area contributed by atoms with Crippen molar-refractivity contribution >= 4 is 11.7 Å². The standard InChI is InChI=1S/C18H22N2O3/c1-12-7-8-19-17(9-12)20-18(21)10-13(2)15-6-5-14(22-3)11-16(15)23-4/h5-9,11,13H,10H2,1-4H3,(H,19,20,21). The Hall–Kier alpha value is -2.56. The molecule has 2 rings (SSSR count). The van der Waals surface area contributed by atoms with Gasteiger partial charge in [-0.25, -0.2) is 4.98 Å². The van der Waals surface area contributed by atoms with Gasteiger partial charge < -0.3 is 14.8 Å². The summed E-state index contributed by atoms with van der Waals surface area (Å²) in [6.07, 6.45) is 2.03. The van der Waals surface area contributed by atoms with Crippen LogP contribution < -0.4 is 14.8 Å². The summed E-state index contributed by atoms with van der Waals surface area (Å²) in [5.74, 6) is 1.96. The maximum atomic E-state index is 12.2. The van der Waals surface area contributed by atoms with Crippen LogP contribution in [0.4, 0.5) is 5.82 Å². The minimum Gasteiger partial charge on any atom is -0.497 e. The van der Waals surface area contributed by atoms with E-state index >= 15 is 0 Å². The highest BCUT2D eigenvalue weighted by atomic mass is 16.5. The van der Waals surface area contributed by atoms with Gasteiger partial charge in [-0.3, -0.25) is 4.79 Å². The fourth-order valence-corrected chi connectivity index (χ4v) is 2.41. The number of hydrogen-bond donors (Lipinski definition) is 1. The van der Waals surface area contributed by atoms with Crippen molar-refractivity contribution in [3.8, 4) is 11.5 Å². The van der Waals surface area contributed by atoms with Crippen LogP contribution in [0.25, 0.3) is 0 Å². The number of nitrogens with zero attached hydrogens (tertiary/aromatic N) is 1. The van der Waals surface area contributed by atoms with Gasteiger partial charge in [-0.2, -0.15) is 0 Å². The summed E-state index contributed by atoms with van der Waals surface area (Å²) in [4.78, 5) is 16.4. The summed E-state index contributed by atoms with van der Waals surface area (Å²) < 4.78 is 10.6. The van der Waals surface area contributed by atoms with Crippen LogP contribution in [0.1, 0.15) is 30.4 Å². The number of aromatic nitrogens is 1. The molecule has 5 nitrogen and oxygen atoms in total. The molecule has 1 unspecified atom stereocenters. The van der Waals surface area contributed by atoms with Crippen molar-refractivity contribution in [3.63, 3.8) is 0 Å². The molecule has 0 bridgehead atoms. The minimum atomic E-state index is -0.0755. The molecule has 2 aromatic rings. The molecule has 1 N–H and O–H groups in total. The summed E-state index contributed by atoms with van der Waals surface area (Å²) in [6.45, 7) is 3.95. The minimum absolute atomic E-state index is 0.0145. The first-order valence-electron chi connectivity index (χ1n) is 7.48. The van der Waals surface area contributed by atoms with E-state index < -0.39 is 0 Å². The van der Waals surface area contributed by atoms with Crippen molar-refractivity contribution < 1.29 is 14.3 Å². The van der Waals surface area contributed by atoms with Crippen LogP contribution in [-0.4, -0.2) is 25.1 Å². The van der Waals surface area contributed by atoms with Gasteiger partial charge in [-0.05, 0) is 42.2 Å². The Kier molecular flexibility index (Phi) is 5.57. The fraction of sp³-hybridized carbons (Fsp3) is 0.333. The van der Waals surface area contributed by atoms with E-state index in [1.807, 2.05) is 44.2 Å². The quantitative estimate of drug-likeness (QED) is 0.886. The van der Waals surface area contributed by atoms with Gasteiger partial charge in [0.05, 0.1) is 14.2 Å². The summed E-state index contributed by atoms with van der Waals surface area (Å²) >= 11 is 0. The van der Waals surface area contributed by atoms with E-state index in [1.54, 1.807) is 20.4 Å². The monoisotopic (exact) mass is 314 g/mol. The number of carbonyl (C=O) groups is 1. The summed E-state index contributed by atoms with van der Waals surface area (Å²) in [6, 6.07) is 9.36. The topological polar surface area (TPSA) is 60.5 Å². The van der Waals surface area contributed by atoms with Gasteiger partial charge in [0.2, 0.25) is 5.91 Å². The lowest BCUT2D eigenvalue weighted by molar-refractivity contribution is -0.116. The Bertz CT molecular complexity index is 686. The number of pyridine rings is 1. The molecule has 0 radical (unpaired) electrons. The van der Waals surface area contributed by atoms with Gasteiger partial charge in [0.15, 0.2) is 0 Å². The van der Waals surface area contributed by atoms with E-state index in [1.165, 1.54) is 0 Å². The molecular weight excluding hydrogens is 292 g/mol. The Labute approximate surface area is 136 Å². The molecule has 5 heteroatoms. The maximum absolute atomic E-state index is 12.2. The molecule has 0 saturated heterocycles. The van der Waals surface area contributed by atoms with E-state index in [0.717, 1.165) is 22.6 Å².